The van der Waals surface area contributed by atoms with Gasteiger partial charge in [-0.1, -0.05) is 38.1 Å². The molecule has 2 nitrogen and oxygen atoms in total. The first-order chi connectivity index (χ1) is 8.06. The van der Waals surface area contributed by atoms with E-state index >= 15 is 0 Å². The molecule has 96 valence electrons. The Balaban J connectivity index is 2.55. The zero-order valence-corrected chi connectivity index (χ0v) is 11.6. The van der Waals surface area contributed by atoms with Gasteiger partial charge in [0.25, 0.3) is 0 Å². The highest BCUT2D eigenvalue weighted by Gasteiger charge is 2.12. The lowest BCUT2D eigenvalue weighted by molar-refractivity contribution is 0.210. The summed E-state index contributed by atoms with van der Waals surface area (Å²) in [5.41, 5.74) is 8.41. The summed E-state index contributed by atoms with van der Waals surface area (Å²) in [4.78, 5) is 2.43. The maximum Gasteiger partial charge on any atom is 0.0180 e. The molecule has 0 amide bonds. The highest BCUT2D eigenvalue weighted by molar-refractivity contribution is 5.27. The van der Waals surface area contributed by atoms with E-state index in [2.05, 4.69) is 57.0 Å². The number of nitrogens with zero attached hydrogens (tertiary/aromatic N) is 1. The molecule has 0 radical (unpaired) electrons. The Morgan fingerprint density at radius 1 is 1.12 bits per heavy atom. The predicted molar refractivity (Wildman–Crippen MR) is 75.0 cm³/mol. The van der Waals surface area contributed by atoms with E-state index in [4.69, 9.17) is 5.73 Å². The van der Waals surface area contributed by atoms with Gasteiger partial charge in [-0.3, -0.25) is 0 Å². The van der Waals surface area contributed by atoms with Crippen LogP contribution in [0.15, 0.2) is 24.3 Å². The fraction of sp³-hybridized carbons (Fsp3) is 0.600. The summed E-state index contributed by atoms with van der Waals surface area (Å²) in [6.07, 6.45) is 1.08. The van der Waals surface area contributed by atoms with Crippen LogP contribution < -0.4 is 5.73 Å². The number of hydrogen-bond donors (Lipinski definition) is 1. The predicted octanol–water partition coefficient (Wildman–Crippen LogP) is 2.66. The molecule has 0 aliphatic rings. The largest absolute Gasteiger partial charge is 0.326 e. The van der Waals surface area contributed by atoms with Gasteiger partial charge in [0.1, 0.15) is 0 Å². The van der Waals surface area contributed by atoms with E-state index in [1.165, 1.54) is 11.1 Å². The highest BCUT2D eigenvalue weighted by Crippen LogP contribution is 2.12. The smallest absolute Gasteiger partial charge is 0.0180 e. The van der Waals surface area contributed by atoms with Crippen molar-refractivity contribution in [2.75, 3.05) is 13.6 Å². The van der Waals surface area contributed by atoms with E-state index in [-0.39, 0.29) is 0 Å². The Bertz CT molecular complexity index is 333. The summed E-state index contributed by atoms with van der Waals surface area (Å²) in [6.45, 7) is 8.57. The minimum absolute atomic E-state index is 0.625. The molecule has 1 atom stereocenters. The zero-order chi connectivity index (χ0) is 12.8. The lowest BCUT2D eigenvalue weighted by Crippen LogP contribution is -2.34. The monoisotopic (exact) mass is 234 g/mol. The third-order valence-corrected chi connectivity index (χ3v) is 3.73. The molecule has 1 rings (SSSR count). The average Bonchev–Trinajstić information content (AvgIpc) is 2.35. The molecular weight excluding hydrogens is 208 g/mol. The third kappa shape index (κ3) is 4.14. The van der Waals surface area contributed by atoms with Crippen LogP contribution in [0.25, 0.3) is 0 Å². The van der Waals surface area contributed by atoms with Crippen molar-refractivity contribution in [2.45, 2.75) is 39.8 Å². The van der Waals surface area contributed by atoms with E-state index in [1.807, 2.05) is 0 Å². The summed E-state index contributed by atoms with van der Waals surface area (Å²) < 4.78 is 0. The molecule has 0 aliphatic carbocycles. The number of nitrogens with two attached hydrogens (primary N) is 1. The van der Waals surface area contributed by atoms with Crippen molar-refractivity contribution in [3.8, 4) is 0 Å². The number of likely N-dealkylation sites (N-methyl/N-ethyl adjacent to an activating group) is 1. The molecule has 0 spiro atoms. The first kappa shape index (κ1) is 14.2. The molecule has 1 aromatic carbocycles. The van der Waals surface area contributed by atoms with Gasteiger partial charge in [0.2, 0.25) is 0 Å². The van der Waals surface area contributed by atoms with Gasteiger partial charge >= 0.3 is 0 Å². The summed E-state index contributed by atoms with van der Waals surface area (Å²) in [7, 11) is 2.20. The molecule has 0 heterocycles. The molecule has 2 N–H and O–H groups in total. The summed E-state index contributed by atoms with van der Waals surface area (Å²) in [5.74, 6) is 0.699. The minimum Gasteiger partial charge on any atom is -0.326 e. The molecule has 0 saturated carbocycles. The van der Waals surface area contributed by atoms with Crippen molar-refractivity contribution in [2.24, 2.45) is 11.7 Å². The van der Waals surface area contributed by atoms with Crippen molar-refractivity contribution in [1.82, 2.24) is 4.90 Å². The van der Waals surface area contributed by atoms with Crippen LogP contribution in [-0.4, -0.2) is 24.5 Å². The zero-order valence-electron chi connectivity index (χ0n) is 11.6. The van der Waals surface area contributed by atoms with Crippen LogP contribution in [0.4, 0.5) is 0 Å². The van der Waals surface area contributed by atoms with Crippen molar-refractivity contribution < 1.29 is 0 Å². The maximum absolute atomic E-state index is 5.75. The van der Waals surface area contributed by atoms with Gasteiger partial charge in [0.15, 0.2) is 0 Å². The Morgan fingerprint density at radius 3 is 2.24 bits per heavy atom. The van der Waals surface area contributed by atoms with E-state index < -0.39 is 0 Å². The minimum atomic E-state index is 0.625. The molecule has 0 aliphatic heterocycles. The van der Waals surface area contributed by atoms with Gasteiger partial charge in [-0.15, -0.1) is 0 Å². The Hall–Kier alpha value is -0.860. The Labute approximate surface area is 106 Å². The van der Waals surface area contributed by atoms with E-state index in [0.717, 1.165) is 13.0 Å². The summed E-state index contributed by atoms with van der Waals surface area (Å²) in [6, 6.07) is 9.10. The molecule has 0 fully saturated rings. The second-order valence-corrected chi connectivity index (χ2v) is 5.19. The van der Waals surface area contributed by atoms with Gasteiger partial charge in [-0.2, -0.15) is 0 Å². The Kier molecular flexibility index (Phi) is 5.66. The lowest BCUT2D eigenvalue weighted by atomic mass is 10.0. The molecule has 0 aromatic heterocycles. The van der Waals surface area contributed by atoms with Crippen molar-refractivity contribution >= 4 is 0 Å². The average molecular weight is 234 g/mol. The van der Waals surface area contributed by atoms with Crippen LogP contribution >= 0.6 is 0 Å². The number of hydrogen-bond acceptors (Lipinski definition) is 2. The molecule has 0 saturated heterocycles. The number of rotatable bonds is 6. The molecular formula is C15H26N2. The van der Waals surface area contributed by atoms with Gasteiger partial charge in [-0.05, 0) is 37.4 Å². The quantitative estimate of drug-likeness (QED) is 0.820. The lowest BCUT2D eigenvalue weighted by Gasteiger charge is -2.28. The second-order valence-electron chi connectivity index (χ2n) is 5.19. The first-order valence-electron chi connectivity index (χ1n) is 6.53. The van der Waals surface area contributed by atoms with Crippen LogP contribution in [0.2, 0.25) is 0 Å². The standard InChI is InChI=1S/C15H26N2/c1-12(2)13(3)17(4)10-9-14-7-5-6-8-15(14)11-16/h5-8,12-13H,9-11,16H2,1-4H3. The fourth-order valence-electron chi connectivity index (χ4n) is 2.01. The Morgan fingerprint density at radius 2 is 1.71 bits per heavy atom. The molecule has 1 aromatic rings. The van der Waals surface area contributed by atoms with Crippen LogP contribution in [0.5, 0.6) is 0 Å². The van der Waals surface area contributed by atoms with E-state index in [1.54, 1.807) is 0 Å². The van der Waals surface area contributed by atoms with Crippen LogP contribution in [0.1, 0.15) is 31.9 Å². The number of benzene rings is 1. The fourth-order valence-corrected chi connectivity index (χ4v) is 2.01. The van der Waals surface area contributed by atoms with Crippen molar-refractivity contribution in [1.29, 1.82) is 0 Å². The molecule has 2 heteroatoms. The van der Waals surface area contributed by atoms with Crippen molar-refractivity contribution in [3.63, 3.8) is 0 Å². The second kappa shape index (κ2) is 6.77. The van der Waals surface area contributed by atoms with Gasteiger partial charge in [-0.25, -0.2) is 0 Å². The molecule has 1 unspecified atom stereocenters. The van der Waals surface area contributed by atoms with Gasteiger partial charge < -0.3 is 10.6 Å². The van der Waals surface area contributed by atoms with Crippen molar-refractivity contribution in [3.05, 3.63) is 35.4 Å². The van der Waals surface area contributed by atoms with Crippen LogP contribution in [-0.2, 0) is 13.0 Å². The summed E-state index contributed by atoms with van der Waals surface area (Å²) in [5, 5.41) is 0. The molecule has 0 bridgehead atoms. The van der Waals surface area contributed by atoms with Gasteiger partial charge in [0, 0.05) is 19.1 Å². The normalized spacial score (nSPS) is 13.4. The summed E-state index contributed by atoms with van der Waals surface area (Å²) >= 11 is 0. The van der Waals surface area contributed by atoms with Crippen LogP contribution in [0.3, 0.4) is 0 Å². The maximum atomic E-state index is 5.75. The first-order valence-corrected chi connectivity index (χ1v) is 6.53. The SMILES string of the molecule is CC(C)C(C)N(C)CCc1ccccc1CN. The van der Waals surface area contributed by atoms with E-state index in [0.29, 0.717) is 18.5 Å². The molecule has 17 heavy (non-hydrogen) atoms. The van der Waals surface area contributed by atoms with Crippen LogP contribution in [0, 0.1) is 5.92 Å². The van der Waals surface area contributed by atoms with E-state index in [9.17, 15) is 0 Å². The highest BCUT2D eigenvalue weighted by atomic mass is 15.1. The third-order valence-electron chi connectivity index (χ3n) is 3.73. The topological polar surface area (TPSA) is 29.3 Å². The van der Waals surface area contributed by atoms with Gasteiger partial charge in [0.05, 0.1) is 0 Å².